The van der Waals surface area contributed by atoms with Crippen LogP contribution in [0.15, 0.2) is 12.1 Å². The molecule has 0 spiro atoms. The van der Waals surface area contributed by atoms with Gasteiger partial charge in [-0.2, -0.15) is 0 Å². The summed E-state index contributed by atoms with van der Waals surface area (Å²) < 4.78 is 4.55. The predicted molar refractivity (Wildman–Crippen MR) is 80.5 cm³/mol. The molecule has 1 aromatic rings. The molecule has 1 rings (SSSR count). The lowest BCUT2D eigenvalue weighted by Crippen LogP contribution is -2.11. The predicted octanol–water partition coefficient (Wildman–Crippen LogP) is 3.32. The normalized spacial score (nSPS) is 10.0. The van der Waals surface area contributed by atoms with Gasteiger partial charge in [-0.05, 0) is 18.6 Å². The summed E-state index contributed by atoms with van der Waals surface area (Å²) in [7, 11) is 1.35. The molecule has 7 heteroatoms. The van der Waals surface area contributed by atoms with Crippen molar-refractivity contribution in [1.29, 1.82) is 0 Å². The van der Waals surface area contributed by atoms with Crippen LogP contribution in [0.2, 0.25) is 10.0 Å². The van der Waals surface area contributed by atoms with Crippen molar-refractivity contribution in [1.82, 2.24) is 0 Å². The van der Waals surface area contributed by atoms with Crippen LogP contribution >= 0.6 is 23.2 Å². The lowest BCUT2D eigenvalue weighted by atomic mass is 10.2. The van der Waals surface area contributed by atoms with E-state index in [0.29, 0.717) is 40.8 Å². The Labute approximate surface area is 127 Å². The Morgan fingerprint density at radius 1 is 1.20 bits per heavy atom. The molecule has 0 aliphatic rings. The molecule has 2 N–H and O–H groups in total. The second kappa shape index (κ2) is 7.97. The molecule has 110 valence electrons. The Hall–Kier alpha value is -1.46. The summed E-state index contributed by atoms with van der Waals surface area (Å²) in [4.78, 5) is 22.1. The lowest BCUT2D eigenvalue weighted by Gasteiger charge is -2.13. The van der Waals surface area contributed by atoms with Crippen molar-refractivity contribution < 1.29 is 14.3 Å². The van der Waals surface area contributed by atoms with Crippen LogP contribution in [-0.2, 0) is 14.3 Å². The summed E-state index contributed by atoms with van der Waals surface area (Å²) in [6.07, 6.45) is 0.923. The Kier molecular flexibility index (Phi) is 6.61. The van der Waals surface area contributed by atoms with Gasteiger partial charge in [0.1, 0.15) is 0 Å². The molecule has 0 aromatic heterocycles. The number of ether oxygens (including phenoxy) is 1. The summed E-state index contributed by atoms with van der Waals surface area (Å²) >= 11 is 11.9. The number of methoxy groups -OCH3 is 1. The number of benzene rings is 1. The van der Waals surface area contributed by atoms with E-state index in [-0.39, 0.29) is 11.9 Å². The van der Waals surface area contributed by atoms with Crippen molar-refractivity contribution in [3.63, 3.8) is 0 Å². The minimum absolute atomic E-state index is 0.207. The number of carbonyl (C=O) groups is 2. The fraction of sp³-hybridized carbons (Fsp3) is 0.385. The first-order valence-electron chi connectivity index (χ1n) is 6.01. The quantitative estimate of drug-likeness (QED) is 0.623. The number of hydrogen-bond donors (Lipinski definition) is 2. The number of esters is 1. The van der Waals surface area contributed by atoms with Crippen molar-refractivity contribution in [2.75, 3.05) is 24.3 Å². The van der Waals surface area contributed by atoms with Gasteiger partial charge in [-0.15, -0.1) is 0 Å². The zero-order chi connectivity index (χ0) is 15.1. The lowest BCUT2D eigenvalue weighted by molar-refractivity contribution is -0.140. The monoisotopic (exact) mass is 318 g/mol. The Morgan fingerprint density at radius 2 is 1.80 bits per heavy atom. The third-order valence-electron chi connectivity index (χ3n) is 2.47. The highest BCUT2D eigenvalue weighted by molar-refractivity contribution is 6.42. The largest absolute Gasteiger partial charge is 0.469 e. The van der Waals surface area contributed by atoms with Gasteiger partial charge >= 0.3 is 5.97 Å². The van der Waals surface area contributed by atoms with Crippen molar-refractivity contribution >= 4 is 46.5 Å². The van der Waals surface area contributed by atoms with Crippen molar-refractivity contribution in [3.05, 3.63) is 22.2 Å². The van der Waals surface area contributed by atoms with E-state index in [1.54, 1.807) is 12.1 Å². The maximum Gasteiger partial charge on any atom is 0.305 e. The van der Waals surface area contributed by atoms with Crippen molar-refractivity contribution in [2.45, 2.75) is 19.8 Å². The van der Waals surface area contributed by atoms with E-state index in [1.807, 2.05) is 0 Å². The Balaban J connectivity index is 2.69. The average Bonchev–Trinajstić information content (AvgIpc) is 2.38. The van der Waals surface area contributed by atoms with Crippen LogP contribution in [0.5, 0.6) is 0 Å². The fourth-order valence-corrected chi connectivity index (χ4v) is 1.87. The zero-order valence-corrected chi connectivity index (χ0v) is 12.8. The molecule has 20 heavy (non-hydrogen) atoms. The number of anilines is 2. The summed E-state index contributed by atoms with van der Waals surface area (Å²) in [5.41, 5.74) is 1.20. The molecule has 0 radical (unpaired) electrons. The van der Waals surface area contributed by atoms with E-state index >= 15 is 0 Å². The molecule has 0 heterocycles. The minimum Gasteiger partial charge on any atom is -0.469 e. The first kappa shape index (κ1) is 16.6. The van der Waals surface area contributed by atoms with Crippen LogP contribution in [0, 0.1) is 0 Å². The van der Waals surface area contributed by atoms with Gasteiger partial charge in [0.25, 0.3) is 0 Å². The number of hydrogen-bond acceptors (Lipinski definition) is 4. The molecular formula is C13H16Cl2N2O3. The van der Waals surface area contributed by atoms with E-state index in [2.05, 4.69) is 15.4 Å². The molecule has 1 aromatic carbocycles. The molecule has 5 nitrogen and oxygen atoms in total. The molecule has 0 fully saturated rings. The number of amides is 1. The van der Waals surface area contributed by atoms with Gasteiger partial charge in [-0.3, -0.25) is 9.59 Å². The molecule has 0 unspecified atom stereocenters. The van der Waals surface area contributed by atoms with Gasteiger partial charge in [0.2, 0.25) is 5.91 Å². The fourth-order valence-electron chi connectivity index (χ4n) is 1.54. The second-order valence-electron chi connectivity index (χ2n) is 4.10. The number of nitrogens with one attached hydrogen (secondary N) is 2. The highest BCUT2D eigenvalue weighted by Crippen LogP contribution is 2.32. The van der Waals surface area contributed by atoms with Crippen LogP contribution in [0.3, 0.4) is 0 Å². The summed E-state index contributed by atoms with van der Waals surface area (Å²) in [5.74, 6) is -0.468. The van der Waals surface area contributed by atoms with Gasteiger partial charge in [-0.1, -0.05) is 23.2 Å². The molecule has 0 atom stereocenters. The molecule has 0 aliphatic heterocycles. The Morgan fingerprint density at radius 3 is 2.35 bits per heavy atom. The second-order valence-corrected chi connectivity index (χ2v) is 4.91. The maximum absolute atomic E-state index is 11.1. The Bertz CT molecular complexity index is 507. The first-order valence-corrected chi connectivity index (χ1v) is 6.77. The molecule has 0 saturated heterocycles. The molecule has 1 amide bonds. The van der Waals surface area contributed by atoms with Crippen molar-refractivity contribution in [2.24, 2.45) is 0 Å². The minimum atomic E-state index is -0.261. The summed E-state index contributed by atoms with van der Waals surface area (Å²) in [5, 5.41) is 6.51. The third kappa shape index (κ3) is 5.27. The number of halogens is 2. The topological polar surface area (TPSA) is 67.4 Å². The molecule has 0 saturated carbocycles. The zero-order valence-electron chi connectivity index (χ0n) is 11.3. The molecule has 0 bridgehead atoms. The highest BCUT2D eigenvalue weighted by atomic mass is 35.5. The van der Waals surface area contributed by atoms with Gasteiger partial charge in [0.05, 0.1) is 28.5 Å². The molecular weight excluding hydrogens is 303 g/mol. The smallest absolute Gasteiger partial charge is 0.305 e. The number of carbonyl (C=O) groups excluding carboxylic acids is 2. The standard InChI is InChI=1S/C13H16Cl2N2O3/c1-8(18)17-12-7-10(15)9(14)6-11(12)16-5-3-4-13(19)20-2/h6-7,16H,3-5H2,1-2H3,(H,17,18). The SMILES string of the molecule is COC(=O)CCCNc1cc(Cl)c(Cl)cc1NC(C)=O. The summed E-state index contributed by atoms with van der Waals surface area (Å²) in [6, 6.07) is 3.21. The third-order valence-corrected chi connectivity index (χ3v) is 3.19. The van der Waals surface area contributed by atoms with Gasteiger partial charge in [-0.25, -0.2) is 0 Å². The van der Waals surface area contributed by atoms with E-state index in [9.17, 15) is 9.59 Å². The van der Waals surface area contributed by atoms with Crippen LogP contribution in [0.1, 0.15) is 19.8 Å². The molecule has 0 aliphatic carbocycles. The average molecular weight is 319 g/mol. The van der Waals surface area contributed by atoms with E-state index in [0.717, 1.165) is 0 Å². The maximum atomic E-state index is 11.1. The number of rotatable bonds is 6. The summed E-state index contributed by atoms with van der Waals surface area (Å²) in [6.45, 7) is 1.95. The van der Waals surface area contributed by atoms with Crippen LogP contribution in [0.25, 0.3) is 0 Å². The van der Waals surface area contributed by atoms with Crippen molar-refractivity contribution in [3.8, 4) is 0 Å². The van der Waals surface area contributed by atoms with Crippen LogP contribution in [0.4, 0.5) is 11.4 Å². The van der Waals surface area contributed by atoms with E-state index < -0.39 is 0 Å². The van der Waals surface area contributed by atoms with Gasteiger partial charge in [0.15, 0.2) is 0 Å². The van der Waals surface area contributed by atoms with Gasteiger partial charge < -0.3 is 15.4 Å². The van der Waals surface area contributed by atoms with Crippen LogP contribution < -0.4 is 10.6 Å². The van der Waals surface area contributed by atoms with Gasteiger partial charge in [0, 0.05) is 19.9 Å². The first-order chi connectivity index (χ1) is 9.43. The van der Waals surface area contributed by atoms with E-state index in [1.165, 1.54) is 14.0 Å². The van der Waals surface area contributed by atoms with E-state index in [4.69, 9.17) is 23.2 Å². The highest BCUT2D eigenvalue weighted by Gasteiger charge is 2.09. The van der Waals surface area contributed by atoms with Crippen LogP contribution in [-0.4, -0.2) is 25.5 Å².